The molecular formula is C20H37O3PS. The van der Waals surface area contributed by atoms with Gasteiger partial charge in [-0.1, -0.05) is 67.3 Å². The molecule has 0 fully saturated rings. The van der Waals surface area contributed by atoms with Gasteiger partial charge in [-0.15, -0.1) is 0 Å². The number of aryl methyl sites for hydroxylation is 1. The molecule has 0 radical (unpaired) electrons. The van der Waals surface area contributed by atoms with Crippen molar-refractivity contribution in [3.63, 3.8) is 0 Å². The van der Waals surface area contributed by atoms with Crippen LogP contribution in [0.1, 0.15) is 70.9 Å². The SMILES string of the molecule is CCCCc1cccc(PCCC(C)C)c1CCCC.CS(=O)(=O)O. The van der Waals surface area contributed by atoms with Crippen LogP contribution in [0.2, 0.25) is 0 Å². The maximum atomic E-state index is 9.19. The Morgan fingerprint density at radius 2 is 1.64 bits per heavy atom. The van der Waals surface area contributed by atoms with E-state index in [2.05, 4.69) is 45.9 Å². The van der Waals surface area contributed by atoms with Crippen LogP contribution in [0.25, 0.3) is 0 Å². The first kappa shape index (κ1) is 24.6. The van der Waals surface area contributed by atoms with Crippen LogP contribution >= 0.6 is 8.58 Å². The van der Waals surface area contributed by atoms with Crippen molar-refractivity contribution < 1.29 is 13.0 Å². The second-order valence-corrected chi connectivity index (χ2v) is 9.85. The molecule has 1 aromatic rings. The number of hydrogen-bond donors (Lipinski definition) is 1. The van der Waals surface area contributed by atoms with E-state index >= 15 is 0 Å². The van der Waals surface area contributed by atoms with Crippen molar-refractivity contribution in [2.75, 3.05) is 12.4 Å². The van der Waals surface area contributed by atoms with Crippen molar-refractivity contribution >= 4 is 24.0 Å². The first-order valence-electron chi connectivity index (χ1n) is 9.46. The Hall–Kier alpha value is -0.440. The second-order valence-electron chi connectivity index (χ2n) is 6.99. The van der Waals surface area contributed by atoms with Gasteiger partial charge in [-0.05, 0) is 60.6 Å². The molecule has 1 unspecified atom stereocenters. The summed E-state index contributed by atoms with van der Waals surface area (Å²) in [6.07, 6.45) is 11.3. The van der Waals surface area contributed by atoms with Gasteiger partial charge in [-0.3, -0.25) is 4.55 Å². The van der Waals surface area contributed by atoms with Crippen molar-refractivity contribution in [1.82, 2.24) is 0 Å². The van der Waals surface area contributed by atoms with Crippen LogP contribution in [-0.4, -0.2) is 25.4 Å². The third-order valence-electron chi connectivity index (χ3n) is 3.89. The minimum Gasteiger partial charge on any atom is -0.286 e. The van der Waals surface area contributed by atoms with Crippen molar-refractivity contribution in [2.24, 2.45) is 5.92 Å². The zero-order valence-corrected chi connectivity index (χ0v) is 18.5. The normalized spacial score (nSPS) is 11.8. The predicted molar refractivity (Wildman–Crippen MR) is 113 cm³/mol. The van der Waals surface area contributed by atoms with Gasteiger partial charge in [0.25, 0.3) is 10.1 Å². The molecule has 0 bridgehead atoms. The molecule has 0 spiro atoms. The fourth-order valence-corrected chi connectivity index (χ4v) is 4.25. The van der Waals surface area contributed by atoms with Gasteiger partial charge < -0.3 is 0 Å². The van der Waals surface area contributed by atoms with Crippen LogP contribution in [-0.2, 0) is 23.0 Å². The van der Waals surface area contributed by atoms with E-state index < -0.39 is 10.1 Å². The van der Waals surface area contributed by atoms with Gasteiger partial charge in [-0.25, -0.2) is 0 Å². The highest BCUT2D eigenvalue weighted by Gasteiger charge is 2.08. The fourth-order valence-electron chi connectivity index (χ4n) is 2.55. The average molecular weight is 389 g/mol. The predicted octanol–water partition coefficient (Wildman–Crippen LogP) is 5.23. The summed E-state index contributed by atoms with van der Waals surface area (Å²) in [7, 11) is -2.66. The molecule has 146 valence electrons. The second kappa shape index (κ2) is 13.7. The van der Waals surface area contributed by atoms with Gasteiger partial charge in [0, 0.05) is 0 Å². The zero-order valence-electron chi connectivity index (χ0n) is 16.6. The molecule has 0 aromatic heterocycles. The van der Waals surface area contributed by atoms with Gasteiger partial charge in [0.1, 0.15) is 0 Å². The Labute approximate surface area is 157 Å². The van der Waals surface area contributed by atoms with E-state index in [1.54, 1.807) is 16.4 Å². The largest absolute Gasteiger partial charge is 0.286 e. The van der Waals surface area contributed by atoms with E-state index in [-0.39, 0.29) is 0 Å². The number of rotatable bonds is 10. The van der Waals surface area contributed by atoms with E-state index in [9.17, 15) is 8.42 Å². The lowest BCUT2D eigenvalue weighted by Crippen LogP contribution is -2.10. The van der Waals surface area contributed by atoms with Crippen LogP contribution in [0.4, 0.5) is 0 Å². The molecule has 5 heteroatoms. The molecule has 3 nitrogen and oxygen atoms in total. The van der Waals surface area contributed by atoms with Gasteiger partial charge in [0.15, 0.2) is 0 Å². The molecule has 0 aliphatic carbocycles. The lowest BCUT2D eigenvalue weighted by Gasteiger charge is -2.15. The summed E-state index contributed by atoms with van der Waals surface area (Å²) in [5.41, 5.74) is 3.33. The molecule has 0 saturated carbocycles. The van der Waals surface area contributed by atoms with Gasteiger partial charge in [-0.2, -0.15) is 8.42 Å². The molecule has 0 aliphatic rings. The summed E-state index contributed by atoms with van der Waals surface area (Å²) in [5, 5.41) is 1.66. The van der Waals surface area contributed by atoms with Gasteiger partial charge in [0.05, 0.1) is 6.26 Å². The Morgan fingerprint density at radius 3 is 2.16 bits per heavy atom. The fraction of sp³-hybridized carbons (Fsp3) is 0.700. The Balaban J connectivity index is 0.00000101. The van der Waals surface area contributed by atoms with Crippen LogP contribution in [0.15, 0.2) is 18.2 Å². The van der Waals surface area contributed by atoms with Crippen molar-refractivity contribution in [2.45, 2.75) is 72.6 Å². The Morgan fingerprint density at radius 1 is 1.08 bits per heavy atom. The molecule has 0 heterocycles. The van der Waals surface area contributed by atoms with E-state index in [1.807, 2.05) is 0 Å². The van der Waals surface area contributed by atoms with Crippen LogP contribution in [0, 0.1) is 5.92 Å². The number of hydrogen-bond acceptors (Lipinski definition) is 2. The molecule has 25 heavy (non-hydrogen) atoms. The Kier molecular flexibility index (Phi) is 13.5. The quantitative estimate of drug-likeness (QED) is 0.441. The first-order valence-corrected chi connectivity index (χ1v) is 12.5. The first-order chi connectivity index (χ1) is 11.7. The highest BCUT2D eigenvalue weighted by Crippen LogP contribution is 2.22. The van der Waals surface area contributed by atoms with E-state index in [0.717, 1.165) is 14.5 Å². The van der Waals surface area contributed by atoms with E-state index in [0.29, 0.717) is 6.26 Å². The van der Waals surface area contributed by atoms with Crippen molar-refractivity contribution in [1.29, 1.82) is 0 Å². The smallest absolute Gasteiger partial charge is 0.261 e. The number of unbranched alkanes of at least 4 members (excludes halogenated alkanes) is 2. The van der Waals surface area contributed by atoms with Crippen LogP contribution in [0.5, 0.6) is 0 Å². The summed E-state index contributed by atoms with van der Waals surface area (Å²) in [6.45, 7) is 9.26. The molecule has 1 aromatic carbocycles. The maximum absolute atomic E-state index is 9.19. The highest BCUT2D eigenvalue weighted by atomic mass is 32.2. The van der Waals surface area contributed by atoms with E-state index in [4.69, 9.17) is 4.55 Å². The number of benzene rings is 1. The monoisotopic (exact) mass is 388 g/mol. The highest BCUT2D eigenvalue weighted by molar-refractivity contribution is 7.85. The summed E-state index contributed by atoms with van der Waals surface area (Å²) in [6, 6.07) is 7.05. The van der Waals surface area contributed by atoms with E-state index in [1.165, 1.54) is 51.1 Å². The summed E-state index contributed by atoms with van der Waals surface area (Å²) >= 11 is 0. The third kappa shape index (κ3) is 14.4. The van der Waals surface area contributed by atoms with Gasteiger partial charge >= 0.3 is 0 Å². The molecule has 1 atom stereocenters. The average Bonchev–Trinajstić information content (AvgIpc) is 2.50. The molecule has 1 N–H and O–H groups in total. The molecular weight excluding hydrogens is 351 g/mol. The summed E-state index contributed by atoms with van der Waals surface area (Å²) < 4.78 is 25.9. The molecule has 0 amide bonds. The third-order valence-corrected chi connectivity index (χ3v) is 5.28. The Bertz CT molecular complexity index is 560. The minimum absolute atomic E-state index is 0.715. The standard InChI is InChI=1S/C19H33P.CH4O3S/c1-5-7-10-17-11-9-13-19(18(17)12-8-6-2)20-15-14-16(3)4;1-5(2,3)4/h9,11,13,16,20H,5-8,10,12,14-15H2,1-4H3;1H3,(H,2,3,4). The van der Waals surface area contributed by atoms with Crippen LogP contribution < -0.4 is 5.30 Å². The lowest BCUT2D eigenvalue weighted by molar-refractivity contribution is 0.490. The lowest BCUT2D eigenvalue weighted by atomic mass is 9.98. The maximum Gasteiger partial charge on any atom is 0.261 e. The van der Waals surface area contributed by atoms with Gasteiger partial charge in [0.2, 0.25) is 0 Å². The van der Waals surface area contributed by atoms with Crippen molar-refractivity contribution in [3.8, 4) is 0 Å². The molecule has 1 rings (SSSR count). The van der Waals surface area contributed by atoms with Crippen LogP contribution in [0.3, 0.4) is 0 Å². The minimum atomic E-state index is -3.67. The topological polar surface area (TPSA) is 54.4 Å². The summed E-state index contributed by atoms with van der Waals surface area (Å²) in [4.78, 5) is 0. The summed E-state index contributed by atoms with van der Waals surface area (Å²) in [5.74, 6) is 0.838. The zero-order chi connectivity index (χ0) is 19.3. The molecule has 0 saturated heterocycles. The van der Waals surface area contributed by atoms with Crippen molar-refractivity contribution in [3.05, 3.63) is 29.3 Å². The molecule has 0 aliphatic heterocycles.